The van der Waals surface area contributed by atoms with E-state index in [2.05, 4.69) is 39.0 Å². The van der Waals surface area contributed by atoms with Crippen molar-refractivity contribution in [3.05, 3.63) is 35.9 Å². The van der Waals surface area contributed by atoms with Gasteiger partial charge in [0.05, 0.1) is 0 Å². The molecule has 1 aromatic carbocycles. The first-order chi connectivity index (χ1) is 7.18. The zero-order chi connectivity index (χ0) is 11.1. The Morgan fingerprint density at radius 3 is 2.33 bits per heavy atom. The quantitative estimate of drug-likeness (QED) is 0.639. The zero-order valence-electron chi connectivity index (χ0n) is 10.3. The third kappa shape index (κ3) is 5.61. The number of hydrogen-bond acceptors (Lipinski definition) is 0. The van der Waals surface area contributed by atoms with Crippen LogP contribution in [0.1, 0.15) is 45.6 Å². The highest BCUT2D eigenvalue weighted by Gasteiger charge is 2.04. The molecule has 0 aliphatic rings. The zero-order valence-corrected chi connectivity index (χ0v) is 10.3. The predicted molar refractivity (Wildman–Crippen MR) is 66.8 cm³/mol. The van der Waals surface area contributed by atoms with Crippen LogP contribution in [-0.2, 0) is 6.42 Å². The molecule has 0 fully saturated rings. The summed E-state index contributed by atoms with van der Waals surface area (Å²) in [5.41, 5.74) is 1.45. The van der Waals surface area contributed by atoms with Gasteiger partial charge in [-0.25, -0.2) is 0 Å². The Hall–Kier alpha value is -0.780. The summed E-state index contributed by atoms with van der Waals surface area (Å²) in [5, 5.41) is 0. The molecule has 0 spiro atoms. The van der Waals surface area contributed by atoms with Gasteiger partial charge in [0.25, 0.3) is 0 Å². The monoisotopic (exact) mass is 203 g/mol. The molecule has 0 N–H and O–H groups in total. The van der Waals surface area contributed by atoms with Crippen LogP contribution in [0.5, 0.6) is 0 Å². The molecule has 15 heavy (non-hydrogen) atoms. The molecule has 0 aliphatic heterocycles. The average molecular weight is 203 g/mol. The van der Waals surface area contributed by atoms with Gasteiger partial charge < -0.3 is 0 Å². The highest BCUT2D eigenvalue weighted by atomic mass is 14.1. The maximum atomic E-state index is 3.06. The summed E-state index contributed by atoms with van der Waals surface area (Å²) in [6.07, 6.45) is 5.31. The molecule has 0 heteroatoms. The smallest absolute Gasteiger partial charge is 0.0184 e. The van der Waals surface area contributed by atoms with E-state index in [1.54, 1.807) is 0 Å². The molecule has 0 aromatic heterocycles. The first kappa shape index (κ1) is 12.3. The van der Waals surface area contributed by atoms with Gasteiger partial charge in [0.2, 0.25) is 0 Å². The average Bonchev–Trinajstić information content (AvgIpc) is 2.18. The molecule has 1 aromatic rings. The third-order valence-electron chi connectivity index (χ3n) is 2.85. The summed E-state index contributed by atoms with van der Waals surface area (Å²) in [6, 6.07) is 11.4. The van der Waals surface area contributed by atoms with Crippen molar-refractivity contribution in [2.75, 3.05) is 0 Å². The molecule has 0 saturated carbocycles. The second-order valence-corrected chi connectivity index (χ2v) is 5.04. The van der Waals surface area contributed by atoms with Crippen molar-refractivity contribution >= 4 is 0 Å². The number of benzene rings is 1. The molecule has 1 unspecified atom stereocenters. The molecule has 1 radical (unpaired) electrons. The Morgan fingerprint density at radius 1 is 1.07 bits per heavy atom. The lowest BCUT2D eigenvalue weighted by Crippen LogP contribution is -2.00. The van der Waals surface area contributed by atoms with Crippen LogP contribution in [0.25, 0.3) is 0 Å². The SMILES string of the molecule is CC(C)CCCC(C)Cc1cc[c]cc1. The van der Waals surface area contributed by atoms with E-state index in [9.17, 15) is 0 Å². The maximum absolute atomic E-state index is 3.06. The van der Waals surface area contributed by atoms with Crippen LogP contribution in [0, 0.1) is 17.9 Å². The van der Waals surface area contributed by atoms with Crippen molar-refractivity contribution in [2.45, 2.75) is 46.5 Å². The number of hydrogen-bond donors (Lipinski definition) is 0. The van der Waals surface area contributed by atoms with Crippen molar-refractivity contribution in [1.29, 1.82) is 0 Å². The Balaban J connectivity index is 2.21. The Bertz CT molecular complexity index is 248. The van der Waals surface area contributed by atoms with Gasteiger partial charge in [-0.3, -0.25) is 0 Å². The largest absolute Gasteiger partial charge is 0.0628 e. The minimum Gasteiger partial charge on any atom is -0.0628 e. The second-order valence-electron chi connectivity index (χ2n) is 5.04. The van der Waals surface area contributed by atoms with E-state index < -0.39 is 0 Å². The van der Waals surface area contributed by atoms with Gasteiger partial charge in [-0.1, -0.05) is 64.3 Å². The van der Waals surface area contributed by atoms with Crippen LogP contribution in [0.4, 0.5) is 0 Å². The molecule has 83 valence electrons. The molecule has 0 aliphatic carbocycles. The van der Waals surface area contributed by atoms with Crippen LogP contribution in [0.3, 0.4) is 0 Å². The first-order valence-electron chi connectivity index (χ1n) is 6.13. The van der Waals surface area contributed by atoms with Crippen molar-refractivity contribution in [1.82, 2.24) is 0 Å². The minimum atomic E-state index is 0.811. The molecule has 0 bridgehead atoms. The van der Waals surface area contributed by atoms with Gasteiger partial charge in [0.15, 0.2) is 0 Å². The Kier molecular flexibility index (Phi) is 5.45. The fraction of sp³-hybridized carbons (Fsp3) is 0.600. The Labute approximate surface area is 94.7 Å². The Morgan fingerprint density at radius 2 is 1.73 bits per heavy atom. The third-order valence-corrected chi connectivity index (χ3v) is 2.85. The fourth-order valence-electron chi connectivity index (χ4n) is 1.94. The van der Waals surface area contributed by atoms with Gasteiger partial charge >= 0.3 is 0 Å². The van der Waals surface area contributed by atoms with Crippen LogP contribution < -0.4 is 0 Å². The molecule has 0 nitrogen and oxygen atoms in total. The predicted octanol–water partition coefficient (Wildman–Crippen LogP) is 4.49. The lowest BCUT2D eigenvalue weighted by molar-refractivity contribution is 0.456. The maximum Gasteiger partial charge on any atom is -0.0184 e. The van der Waals surface area contributed by atoms with Crippen molar-refractivity contribution in [3.8, 4) is 0 Å². The first-order valence-corrected chi connectivity index (χ1v) is 6.13. The standard InChI is InChI=1S/C15H23/c1-13(2)8-7-9-14(3)12-15-10-5-4-6-11-15/h5-6,10-11,13-14H,7-9,12H2,1-3H3. The highest BCUT2D eigenvalue weighted by molar-refractivity contribution is 5.14. The van der Waals surface area contributed by atoms with Crippen LogP contribution in [0.2, 0.25) is 0 Å². The molecule has 0 amide bonds. The van der Waals surface area contributed by atoms with Gasteiger partial charge in [0.1, 0.15) is 0 Å². The summed E-state index contributed by atoms with van der Waals surface area (Å²) >= 11 is 0. The highest BCUT2D eigenvalue weighted by Crippen LogP contribution is 2.16. The molecule has 1 atom stereocenters. The molecule has 0 heterocycles. The van der Waals surface area contributed by atoms with Gasteiger partial charge in [-0.15, -0.1) is 0 Å². The summed E-state index contributed by atoms with van der Waals surface area (Å²) in [5.74, 6) is 1.66. The fourth-order valence-corrected chi connectivity index (χ4v) is 1.94. The van der Waals surface area contributed by atoms with Crippen molar-refractivity contribution < 1.29 is 0 Å². The van der Waals surface area contributed by atoms with E-state index in [-0.39, 0.29) is 0 Å². The van der Waals surface area contributed by atoms with Crippen LogP contribution in [0.15, 0.2) is 24.3 Å². The summed E-state index contributed by atoms with van der Waals surface area (Å²) in [6.45, 7) is 6.96. The normalized spacial score (nSPS) is 13.1. The summed E-state index contributed by atoms with van der Waals surface area (Å²) in [7, 11) is 0. The van der Waals surface area contributed by atoms with Gasteiger partial charge in [-0.2, -0.15) is 0 Å². The van der Waals surface area contributed by atoms with Crippen molar-refractivity contribution in [2.24, 2.45) is 11.8 Å². The van der Waals surface area contributed by atoms with Gasteiger partial charge in [-0.05, 0) is 29.9 Å². The lowest BCUT2D eigenvalue weighted by atomic mass is 9.94. The van der Waals surface area contributed by atoms with E-state index in [0.717, 1.165) is 11.8 Å². The lowest BCUT2D eigenvalue weighted by Gasteiger charge is -2.12. The van der Waals surface area contributed by atoms with E-state index in [4.69, 9.17) is 0 Å². The number of rotatable bonds is 6. The van der Waals surface area contributed by atoms with Crippen LogP contribution in [-0.4, -0.2) is 0 Å². The second kappa shape index (κ2) is 6.66. The summed E-state index contributed by atoms with van der Waals surface area (Å²) in [4.78, 5) is 0. The van der Waals surface area contributed by atoms with Crippen molar-refractivity contribution in [3.63, 3.8) is 0 Å². The van der Waals surface area contributed by atoms with E-state index in [0.29, 0.717) is 0 Å². The van der Waals surface area contributed by atoms with E-state index in [1.807, 2.05) is 12.1 Å². The van der Waals surface area contributed by atoms with Gasteiger partial charge in [0, 0.05) is 0 Å². The molecule has 1 rings (SSSR count). The summed E-state index contributed by atoms with van der Waals surface area (Å²) < 4.78 is 0. The van der Waals surface area contributed by atoms with Crippen LogP contribution >= 0.6 is 0 Å². The van der Waals surface area contributed by atoms with E-state index >= 15 is 0 Å². The molecular formula is C15H23. The van der Waals surface area contributed by atoms with E-state index in [1.165, 1.54) is 31.2 Å². The molecular weight excluding hydrogens is 180 g/mol. The minimum absolute atomic E-state index is 0.811. The topological polar surface area (TPSA) is 0 Å². The molecule has 0 saturated heterocycles.